The molecule has 0 aromatic carbocycles. The van der Waals surface area contributed by atoms with E-state index in [2.05, 4.69) is 19.2 Å². The summed E-state index contributed by atoms with van der Waals surface area (Å²) in [7, 11) is 1.69. The van der Waals surface area contributed by atoms with E-state index in [4.69, 9.17) is 10.5 Å². The maximum absolute atomic E-state index is 11.9. The standard InChI is InChI=1S/C13H28N2O2/c1-6-7-13(4,14)11(16)15-10-12(2,3)8-9-17-5/h6-10,14H2,1-5H3,(H,15,16). The largest absolute Gasteiger partial charge is 0.385 e. The number of nitrogens with one attached hydrogen (secondary N) is 1. The number of nitrogens with two attached hydrogens (primary N) is 1. The quantitative estimate of drug-likeness (QED) is 0.683. The van der Waals surface area contributed by atoms with Crippen LogP contribution in [-0.2, 0) is 9.53 Å². The van der Waals surface area contributed by atoms with Crippen LogP contribution in [0.1, 0.15) is 47.0 Å². The van der Waals surface area contributed by atoms with Crippen LogP contribution in [0.2, 0.25) is 0 Å². The van der Waals surface area contributed by atoms with Gasteiger partial charge in [0.15, 0.2) is 0 Å². The Morgan fingerprint density at radius 3 is 2.35 bits per heavy atom. The third kappa shape index (κ3) is 6.64. The molecule has 4 heteroatoms. The molecular formula is C13H28N2O2. The van der Waals surface area contributed by atoms with E-state index in [0.29, 0.717) is 19.6 Å². The van der Waals surface area contributed by atoms with E-state index in [9.17, 15) is 4.79 Å². The normalized spacial score (nSPS) is 15.4. The van der Waals surface area contributed by atoms with Gasteiger partial charge in [-0.3, -0.25) is 4.79 Å². The Kier molecular flexibility index (Phi) is 6.72. The number of methoxy groups -OCH3 is 1. The van der Waals surface area contributed by atoms with Crippen LogP contribution in [0.5, 0.6) is 0 Å². The molecule has 3 N–H and O–H groups in total. The highest BCUT2D eigenvalue weighted by Crippen LogP contribution is 2.19. The van der Waals surface area contributed by atoms with Crippen LogP contribution in [0.3, 0.4) is 0 Å². The van der Waals surface area contributed by atoms with Gasteiger partial charge in [0.25, 0.3) is 0 Å². The number of rotatable bonds is 8. The molecule has 17 heavy (non-hydrogen) atoms. The van der Waals surface area contributed by atoms with Gasteiger partial charge in [-0.25, -0.2) is 0 Å². The van der Waals surface area contributed by atoms with Crippen molar-refractivity contribution >= 4 is 5.91 Å². The third-order valence-electron chi connectivity index (χ3n) is 3.00. The molecule has 1 unspecified atom stereocenters. The summed E-state index contributed by atoms with van der Waals surface area (Å²) in [5, 5.41) is 2.94. The summed E-state index contributed by atoms with van der Waals surface area (Å²) in [6.45, 7) is 9.37. The molecular weight excluding hydrogens is 216 g/mol. The zero-order valence-electron chi connectivity index (χ0n) is 11.9. The summed E-state index contributed by atoms with van der Waals surface area (Å²) in [6.07, 6.45) is 2.53. The maximum atomic E-state index is 11.9. The number of carbonyl (C=O) groups excluding carboxylic acids is 1. The molecule has 0 aliphatic rings. The molecule has 1 atom stereocenters. The molecule has 0 spiro atoms. The third-order valence-corrected chi connectivity index (χ3v) is 3.00. The molecule has 0 aromatic rings. The van der Waals surface area contributed by atoms with Crippen molar-refractivity contribution < 1.29 is 9.53 Å². The molecule has 0 aliphatic carbocycles. The van der Waals surface area contributed by atoms with E-state index < -0.39 is 5.54 Å². The topological polar surface area (TPSA) is 64.4 Å². The predicted molar refractivity (Wildman–Crippen MR) is 70.8 cm³/mol. The minimum Gasteiger partial charge on any atom is -0.385 e. The van der Waals surface area contributed by atoms with Crippen molar-refractivity contribution in [3.05, 3.63) is 0 Å². The molecule has 4 nitrogen and oxygen atoms in total. The van der Waals surface area contributed by atoms with E-state index in [-0.39, 0.29) is 11.3 Å². The summed E-state index contributed by atoms with van der Waals surface area (Å²) in [5.41, 5.74) is 5.24. The molecule has 1 amide bonds. The lowest BCUT2D eigenvalue weighted by molar-refractivity contribution is -0.126. The van der Waals surface area contributed by atoms with Crippen molar-refractivity contribution in [3.8, 4) is 0 Å². The van der Waals surface area contributed by atoms with Crippen LogP contribution < -0.4 is 11.1 Å². The highest BCUT2D eigenvalue weighted by Gasteiger charge is 2.28. The molecule has 0 saturated heterocycles. The highest BCUT2D eigenvalue weighted by molar-refractivity contribution is 5.85. The second-order valence-electron chi connectivity index (χ2n) is 5.76. The molecule has 102 valence electrons. The second kappa shape index (κ2) is 6.97. The van der Waals surface area contributed by atoms with E-state index in [0.717, 1.165) is 12.8 Å². The monoisotopic (exact) mass is 244 g/mol. The molecule has 0 fully saturated rings. The van der Waals surface area contributed by atoms with Crippen LogP contribution in [0.25, 0.3) is 0 Å². The van der Waals surface area contributed by atoms with Gasteiger partial charge < -0.3 is 15.8 Å². The summed E-state index contributed by atoms with van der Waals surface area (Å²) >= 11 is 0. The fraction of sp³-hybridized carbons (Fsp3) is 0.923. The van der Waals surface area contributed by atoms with Crippen LogP contribution in [0.15, 0.2) is 0 Å². The number of hydrogen-bond acceptors (Lipinski definition) is 3. The van der Waals surface area contributed by atoms with Gasteiger partial charge in [-0.1, -0.05) is 27.2 Å². The van der Waals surface area contributed by atoms with Gasteiger partial charge in [-0.2, -0.15) is 0 Å². The first-order chi connectivity index (χ1) is 7.75. The van der Waals surface area contributed by atoms with Gasteiger partial charge in [0, 0.05) is 20.3 Å². The number of amides is 1. The zero-order valence-corrected chi connectivity index (χ0v) is 11.9. The van der Waals surface area contributed by atoms with E-state index >= 15 is 0 Å². The average Bonchev–Trinajstić information content (AvgIpc) is 2.23. The highest BCUT2D eigenvalue weighted by atomic mass is 16.5. The van der Waals surface area contributed by atoms with Crippen LogP contribution in [-0.4, -0.2) is 31.7 Å². The lowest BCUT2D eigenvalue weighted by atomic mass is 9.89. The Hall–Kier alpha value is -0.610. The summed E-state index contributed by atoms with van der Waals surface area (Å²) in [4.78, 5) is 11.9. The first kappa shape index (κ1) is 16.4. The van der Waals surface area contributed by atoms with Crippen molar-refractivity contribution in [2.75, 3.05) is 20.3 Å². The molecule has 0 heterocycles. The molecule has 0 saturated carbocycles. The van der Waals surface area contributed by atoms with Gasteiger partial charge in [-0.15, -0.1) is 0 Å². The fourth-order valence-electron chi connectivity index (χ4n) is 1.62. The molecule has 0 aromatic heterocycles. The van der Waals surface area contributed by atoms with Crippen molar-refractivity contribution in [3.63, 3.8) is 0 Å². The Bertz CT molecular complexity index is 238. The van der Waals surface area contributed by atoms with Crippen LogP contribution in [0.4, 0.5) is 0 Å². The van der Waals surface area contributed by atoms with E-state index in [1.165, 1.54) is 0 Å². The molecule has 0 radical (unpaired) electrons. The first-order valence-electron chi connectivity index (χ1n) is 6.31. The number of hydrogen-bond donors (Lipinski definition) is 2. The van der Waals surface area contributed by atoms with Gasteiger partial charge in [0.1, 0.15) is 0 Å². The van der Waals surface area contributed by atoms with Crippen LogP contribution >= 0.6 is 0 Å². The van der Waals surface area contributed by atoms with E-state index in [1.54, 1.807) is 14.0 Å². The minimum atomic E-state index is -0.758. The fourth-order valence-corrected chi connectivity index (χ4v) is 1.62. The van der Waals surface area contributed by atoms with E-state index in [1.807, 2.05) is 6.92 Å². The molecule has 0 aliphatic heterocycles. The molecule has 0 bridgehead atoms. The first-order valence-corrected chi connectivity index (χ1v) is 6.31. The van der Waals surface area contributed by atoms with Crippen LogP contribution in [0, 0.1) is 5.41 Å². The molecule has 0 rings (SSSR count). The lowest BCUT2D eigenvalue weighted by Gasteiger charge is -2.28. The van der Waals surface area contributed by atoms with Crippen molar-refractivity contribution in [1.29, 1.82) is 0 Å². The van der Waals surface area contributed by atoms with Gasteiger partial charge in [-0.05, 0) is 25.2 Å². The Labute approximate surface area is 105 Å². The number of ether oxygens (including phenoxy) is 1. The Morgan fingerprint density at radius 1 is 1.29 bits per heavy atom. The average molecular weight is 244 g/mol. The summed E-state index contributed by atoms with van der Waals surface area (Å²) < 4.78 is 5.05. The Morgan fingerprint density at radius 2 is 1.88 bits per heavy atom. The van der Waals surface area contributed by atoms with Crippen molar-refractivity contribution in [1.82, 2.24) is 5.32 Å². The SMILES string of the molecule is CCCC(C)(N)C(=O)NCC(C)(C)CCOC. The van der Waals surface area contributed by atoms with Crippen molar-refractivity contribution in [2.45, 2.75) is 52.5 Å². The minimum absolute atomic E-state index is 0.0357. The zero-order chi connectivity index (χ0) is 13.5. The number of carbonyl (C=O) groups is 1. The van der Waals surface area contributed by atoms with Gasteiger partial charge in [0.05, 0.1) is 5.54 Å². The smallest absolute Gasteiger partial charge is 0.239 e. The van der Waals surface area contributed by atoms with Gasteiger partial charge in [0.2, 0.25) is 5.91 Å². The lowest BCUT2D eigenvalue weighted by Crippen LogP contribution is -2.53. The Balaban J connectivity index is 4.14. The maximum Gasteiger partial charge on any atom is 0.239 e. The van der Waals surface area contributed by atoms with Gasteiger partial charge >= 0.3 is 0 Å². The van der Waals surface area contributed by atoms with Crippen molar-refractivity contribution in [2.24, 2.45) is 11.1 Å². The summed E-state index contributed by atoms with van der Waals surface area (Å²) in [5.74, 6) is -0.0650. The predicted octanol–water partition coefficient (Wildman–Crippen LogP) is 1.68. The summed E-state index contributed by atoms with van der Waals surface area (Å²) in [6, 6.07) is 0. The second-order valence-corrected chi connectivity index (χ2v) is 5.76.